The van der Waals surface area contributed by atoms with Crippen molar-refractivity contribution in [3.63, 3.8) is 0 Å². The summed E-state index contributed by atoms with van der Waals surface area (Å²) >= 11 is 1.64. The lowest BCUT2D eigenvalue weighted by molar-refractivity contribution is 0.391. The maximum absolute atomic E-state index is 4.82. The van der Waals surface area contributed by atoms with Crippen LogP contribution in [0.15, 0.2) is 27.4 Å². The molecule has 2 aromatic heterocycles. The summed E-state index contributed by atoms with van der Waals surface area (Å²) in [6.45, 7) is 3.39. The molecular weight excluding hydrogens is 389 g/mol. The van der Waals surface area contributed by atoms with E-state index in [9.17, 15) is 0 Å². The van der Waals surface area contributed by atoms with Crippen molar-refractivity contribution in [2.24, 2.45) is 4.99 Å². The van der Waals surface area contributed by atoms with Crippen LogP contribution < -0.4 is 5.32 Å². The van der Waals surface area contributed by atoms with Crippen molar-refractivity contribution < 1.29 is 4.52 Å². The molecular formula is C12H18IN5OS. The van der Waals surface area contributed by atoms with E-state index in [2.05, 4.69) is 20.4 Å². The molecule has 0 unspecified atom stereocenters. The molecule has 2 rings (SSSR count). The molecule has 0 spiro atoms. The lowest BCUT2D eigenvalue weighted by atomic mass is 10.4. The minimum Gasteiger partial charge on any atom is -0.364 e. The predicted molar refractivity (Wildman–Crippen MR) is 90.4 cm³/mol. The highest BCUT2D eigenvalue weighted by Crippen LogP contribution is 2.11. The van der Waals surface area contributed by atoms with Crippen LogP contribution in [0.3, 0.4) is 0 Å². The molecule has 1 N–H and O–H groups in total. The third-order valence-corrected chi connectivity index (χ3v) is 3.65. The summed E-state index contributed by atoms with van der Waals surface area (Å²) in [6.07, 6.45) is 1.57. The Balaban J connectivity index is 0.00000200. The summed E-state index contributed by atoms with van der Waals surface area (Å²) in [7, 11) is 3.73. The first-order chi connectivity index (χ1) is 9.20. The van der Waals surface area contributed by atoms with Gasteiger partial charge in [0.05, 0.1) is 24.3 Å². The number of aromatic nitrogens is 2. The Labute approximate surface area is 139 Å². The van der Waals surface area contributed by atoms with E-state index >= 15 is 0 Å². The third kappa shape index (κ3) is 4.44. The molecule has 2 aromatic rings. The molecule has 0 bridgehead atoms. The van der Waals surface area contributed by atoms with Gasteiger partial charge in [-0.2, -0.15) is 0 Å². The van der Waals surface area contributed by atoms with Gasteiger partial charge in [-0.15, -0.1) is 35.3 Å². The number of nitrogens with one attached hydrogen (secondary N) is 1. The average Bonchev–Trinajstić information content (AvgIpc) is 3.02. The monoisotopic (exact) mass is 407 g/mol. The Bertz CT molecular complexity index is 540. The molecule has 110 valence electrons. The quantitative estimate of drug-likeness (QED) is 0.479. The second-order valence-corrected chi connectivity index (χ2v) is 5.05. The maximum atomic E-state index is 4.82. The number of hydrogen-bond donors (Lipinski definition) is 1. The zero-order chi connectivity index (χ0) is 13.7. The Kier molecular flexibility index (Phi) is 6.93. The zero-order valence-corrected chi connectivity index (χ0v) is 14.8. The molecule has 0 fully saturated rings. The molecule has 0 aliphatic heterocycles. The molecule has 0 aliphatic rings. The van der Waals surface area contributed by atoms with Crippen LogP contribution in [0.2, 0.25) is 0 Å². The number of halogens is 1. The molecule has 0 saturated heterocycles. The SMILES string of the molecule is CN=C(NCc1scnc1C)N(C)Cc1ccon1.I. The highest BCUT2D eigenvalue weighted by molar-refractivity contribution is 14.0. The van der Waals surface area contributed by atoms with Gasteiger partial charge in [-0.05, 0) is 6.92 Å². The fourth-order valence-electron chi connectivity index (χ4n) is 1.68. The molecule has 0 radical (unpaired) electrons. The van der Waals surface area contributed by atoms with Crippen LogP contribution in [0.5, 0.6) is 0 Å². The van der Waals surface area contributed by atoms with Gasteiger partial charge in [0, 0.05) is 25.0 Å². The van der Waals surface area contributed by atoms with Crippen molar-refractivity contribution in [1.29, 1.82) is 0 Å². The number of aliphatic imine (C=N–C) groups is 1. The van der Waals surface area contributed by atoms with E-state index < -0.39 is 0 Å². The van der Waals surface area contributed by atoms with Crippen molar-refractivity contribution in [3.8, 4) is 0 Å². The highest BCUT2D eigenvalue weighted by Gasteiger charge is 2.09. The smallest absolute Gasteiger partial charge is 0.194 e. The molecule has 0 amide bonds. The molecule has 8 heteroatoms. The topological polar surface area (TPSA) is 66.6 Å². The fourth-order valence-corrected chi connectivity index (χ4v) is 2.39. The van der Waals surface area contributed by atoms with E-state index in [0.29, 0.717) is 6.54 Å². The lowest BCUT2D eigenvalue weighted by Gasteiger charge is -2.20. The normalized spacial score (nSPS) is 11.1. The van der Waals surface area contributed by atoms with Crippen LogP contribution in [-0.2, 0) is 13.1 Å². The van der Waals surface area contributed by atoms with Gasteiger partial charge in [0.1, 0.15) is 12.0 Å². The third-order valence-electron chi connectivity index (χ3n) is 2.72. The highest BCUT2D eigenvalue weighted by atomic mass is 127. The van der Waals surface area contributed by atoms with Gasteiger partial charge in [0.25, 0.3) is 0 Å². The average molecular weight is 407 g/mol. The number of thiazole rings is 1. The second kappa shape index (κ2) is 8.20. The van der Waals surface area contributed by atoms with Crippen molar-refractivity contribution in [2.45, 2.75) is 20.0 Å². The van der Waals surface area contributed by atoms with Gasteiger partial charge in [-0.3, -0.25) is 4.99 Å². The number of aryl methyl sites for hydroxylation is 1. The second-order valence-electron chi connectivity index (χ2n) is 4.11. The molecule has 0 aromatic carbocycles. The predicted octanol–water partition coefficient (Wildman–Crippen LogP) is 2.26. The number of nitrogens with zero attached hydrogens (tertiary/aromatic N) is 4. The Morgan fingerprint density at radius 2 is 2.35 bits per heavy atom. The van der Waals surface area contributed by atoms with Gasteiger partial charge in [-0.25, -0.2) is 4.98 Å². The van der Waals surface area contributed by atoms with Gasteiger partial charge in [-0.1, -0.05) is 5.16 Å². The maximum Gasteiger partial charge on any atom is 0.194 e. The summed E-state index contributed by atoms with van der Waals surface area (Å²) in [5.41, 5.74) is 3.79. The standard InChI is InChI=1S/C12H17N5OS.HI/c1-9-11(19-8-15-9)6-14-12(13-2)17(3)7-10-4-5-18-16-10;/h4-5,8H,6-7H2,1-3H3,(H,13,14);1H. The Hall–Kier alpha value is -1.16. The van der Waals surface area contributed by atoms with Gasteiger partial charge in [0.15, 0.2) is 5.96 Å². The summed E-state index contributed by atoms with van der Waals surface area (Å²) in [6, 6.07) is 1.84. The van der Waals surface area contributed by atoms with Crippen molar-refractivity contribution in [3.05, 3.63) is 34.1 Å². The van der Waals surface area contributed by atoms with E-state index in [4.69, 9.17) is 4.52 Å². The Morgan fingerprint density at radius 3 is 2.90 bits per heavy atom. The number of rotatable bonds is 4. The van der Waals surface area contributed by atoms with E-state index in [1.165, 1.54) is 4.88 Å². The molecule has 0 aliphatic carbocycles. The first-order valence-electron chi connectivity index (χ1n) is 5.90. The van der Waals surface area contributed by atoms with Crippen molar-refractivity contribution >= 4 is 41.3 Å². The fraction of sp³-hybridized carbons (Fsp3) is 0.417. The molecule has 0 atom stereocenters. The van der Waals surface area contributed by atoms with Crippen LogP contribution >= 0.6 is 35.3 Å². The van der Waals surface area contributed by atoms with Gasteiger partial charge < -0.3 is 14.7 Å². The Morgan fingerprint density at radius 1 is 1.55 bits per heavy atom. The minimum atomic E-state index is 0. The lowest BCUT2D eigenvalue weighted by Crippen LogP contribution is -2.38. The first-order valence-corrected chi connectivity index (χ1v) is 6.78. The molecule has 0 saturated carbocycles. The summed E-state index contributed by atoms with van der Waals surface area (Å²) in [5, 5.41) is 7.20. The molecule has 2 heterocycles. The van der Waals surface area contributed by atoms with Gasteiger partial charge >= 0.3 is 0 Å². The van der Waals surface area contributed by atoms with Crippen LogP contribution in [0.25, 0.3) is 0 Å². The van der Waals surface area contributed by atoms with Gasteiger partial charge in [0.2, 0.25) is 0 Å². The van der Waals surface area contributed by atoms with Crippen LogP contribution in [0, 0.1) is 6.92 Å². The van der Waals surface area contributed by atoms with Crippen LogP contribution in [0.1, 0.15) is 16.3 Å². The van der Waals surface area contributed by atoms with Crippen molar-refractivity contribution in [1.82, 2.24) is 20.4 Å². The zero-order valence-electron chi connectivity index (χ0n) is 11.7. The first kappa shape index (κ1) is 16.9. The minimum absolute atomic E-state index is 0. The van der Waals surface area contributed by atoms with E-state index in [-0.39, 0.29) is 24.0 Å². The number of guanidine groups is 1. The summed E-state index contributed by atoms with van der Waals surface area (Å²) in [4.78, 5) is 11.7. The van der Waals surface area contributed by atoms with Crippen LogP contribution in [0.4, 0.5) is 0 Å². The van der Waals surface area contributed by atoms with E-state index in [1.54, 1.807) is 24.6 Å². The summed E-state index contributed by atoms with van der Waals surface area (Å²) in [5.74, 6) is 0.816. The molecule has 6 nitrogen and oxygen atoms in total. The summed E-state index contributed by atoms with van der Waals surface area (Å²) < 4.78 is 4.82. The largest absolute Gasteiger partial charge is 0.364 e. The number of hydrogen-bond acceptors (Lipinski definition) is 5. The van der Waals surface area contributed by atoms with Crippen molar-refractivity contribution in [2.75, 3.05) is 14.1 Å². The van der Waals surface area contributed by atoms with E-state index in [1.807, 2.05) is 30.4 Å². The van der Waals surface area contributed by atoms with Crippen LogP contribution in [-0.4, -0.2) is 35.1 Å². The van der Waals surface area contributed by atoms with E-state index in [0.717, 1.165) is 23.9 Å². The molecule has 20 heavy (non-hydrogen) atoms.